The quantitative estimate of drug-likeness (QED) is 0.788. The molecule has 0 fully saturated rings. The molecule has 0 radical (unpaired) electrons. The van der Waals surface area contributed by atoms with Crippen molar-refractivity contribution in [1.29, 1.82) is 0 Å². The minimum absolute atomic E-state index is 0.0662. The van der Waals surface area contributed by atoms with Crippen molar-refractivity contribution in [3.63, 3.8) is 0 Å². The summed E-state index contributed by atoms with van der Waals surface area (Å²) >= 11 is 0. The first-order valence-corrected chi connectivity index (χ1v) is 6.65. The van der Waals surface area contributed by atoms with Gasteiger partial charge in [0.05, 0.1) is 0 Å². The molecule has 0 aliphatic heterocycles. The maximum absolute atomic E-state index is 11.1. The number of hydrogen-bond donors (Lipinski definition) is 2. The van der Waals surface area contributed by atoms with Crippen LogP contribution in [-0.2, 0) is 15.8 Å². The molecular formula is C11H15O5P. The lowest BCUT2D eigenvalue weighted by molar-refractivity contribution is -0.120. The number of carbonyl (C=O) groups is 1. The van der Waals surface area contributed by atoms with Crippen LogP contribution in [0.3, 0.4) is 0 Å². The van der Waals surface area contributed by atoms with E-state index in [1.54, 1.807) is 12.1 Å². The summed E-state index contributed by atoms with van der Waals surface area (Å²) in [4.78, 5) is 28.3. The molecule has 0 spiro atoms. The Morgan fingerprint density at radius 2 is 1.88 bits per heavy atom. The SMILES string of the molecule is CC(=O)[C@@H](C)Cc1ccc(OP(=O)(O)O)cc1. The third-order valence-corrected chi connectivity index (χ3v) is 2.83. The highest BCUT2D eigenvalue weighted by atomic mass is 31.2. The Morgan fingerprint density at radius 3 is 2.29 bits per heavy atom. The van der Waals surface area contributed by atoms with Crippen molar-refractivity contribution < 1.29 is 23.7 Å². The van der Waals surface area contributed by atoms with E-state index in [-0.39, 0.29) is 17.5 Å². The van der Waals surface area contributed by atoms with Gasteiger partial charge in [0.1, 0.15) is 11.5 Å². The van der Waals surface area contributed by atoms with Gasteiger partial charge < -0.3 is 4.52 Å². The van der Waals surface area contributed by atoms with E-state index < -0.39 is 7.82 Å². The van der Waals surface area contributed by atoms with Crippen LogP contribution < -0.4 is 4.52 Å². The maximum Gasteiger partial charge on any atom is 0.524 e. The zero-order valence-corrected chi connectivity index (χ0v) is 10.6. The van der Waals surface area contributed by atoms with Crippen molar-refractivity contribution >= 4 is 13.6 Å². The van der Waals surface area contributed by atoms with E-state index in [4.69, 9.17) is 9.79 Å². The molecule has 2 N–H and O–H groups in total. The van der Waals surface area contributed by atoms with E-state index in [1.165, 1.54) is 19.1 Å². The van der Waals surface area contributed by atoms with Crippen LogP contribution in [-0.4, -0.2) is 15.6 Å². The Bertz CT molecular complexity index is 434. The van der Waals surface area contributed by atoms with Crippen LogP contribution in [0.25, 0.3) is 0 Å². The highest BCUT2D eigenvalue weighted by molar-refractivity contribution is 7.46. The lowest BCUT2D eigenvalue weighted by Gasteiger charge is -2.09. The van der Waals surface area contributed by atoms with E-state index in [0.29, 0.717) is 6.42 Å². The van der Waals surface area contributed by atoms with Crippen LogP contribution in [0.2, 0.25) is 0 Å². The Morgan fingerprint density at radius 1 is 1.35 bits per heavy atom. The summed E-state index contributed by atoms with van der Waals surface area (Å²) in [6.07, 6.45) is 0.603. The number of phosphoric acid groups is 1. The van der Waals surface area contributed by atoms with Crippen molar-refractivity contribution in [1.82, 2.24) is 0 Å². The van der Waals surface area contributed by atoms with Crippen molar-refractivity contribution in [3.8, 4) is 5.75 Å². The number of carbonyl (C=O) groups excluding carboxylic acids is 1. The van der Waals surface area contributed by atoms with E-state index in [9.17, 15) is 9.36 Å². The largest absolute Gasteiger partial charge is 0.524 e. The second-order valence-corrected chi connectivity index (χ2v) is 5.11. The van der Waals surface area contributed by atoms with Gasteiger partial charge >= 0.3 is 7.82 Å². The molecule has 0 aliphatic carbocycles. The molecule has 1 rings (SSSR count). The number of phosphoric ester groups is 1. The molecule has 5 nitrogen and oxygen atoms in total. The fraction of sp³-hybridized carbons (Fsp3) is 0.364. The van der Waals surface area contributed by atoms with Gasteiger partial charge in [-0.2, -0.15) is 0 Å². The van der Waals surface area contributed by atoms with Crippen LogP contribution in [0.1, 0.15) is 19.4 Å². The lowest BCUT2D eigenvalue weighted by atomic mass is 9.98. The van der Waals surface area contributed by atoms with Gasteiger partial charge in [0.25, 0.3) is 0 Å². The van der Waals surface area contributed by atoms with Gasteiger partial charge in [0.15, 0.2) is 0 Å². The molecule has 0 unspecified atom stereocenters. The van der Waals surface area contributed by atoms with Crippen LogP contribution in [0.5, 0.6) is 5.75 Å². The van der Waals surface area contributed by atoms with Gasteiger partial charge in [-0.25, -0.2) is 4.57 Å². The normalized spacial score (nSPS) is 13.2. The molecular weight excluding hydrogens is 243 g/mol. The first-order chi connectivity index (χ1) is 7.78. The van der Waals surface area contributed by atoms with Crippen molar-refractivity contribution in [2.75, 3.05) is 0 Å². The smallest absolute Gasteiger partial charge is 0.404 e. The summed E-state index contributed by atoms with van der Waals surface area (Å²) in [5.41, 5.74) is 0.922. The first kappa shape index (κ1) is 13.9. The Kier molecular flexibility index (Phi) is 4.46. The number of hydrogen-bond acceptors (Lipinski definition) is 3. The fourth-order valence-electron chi connectivity index (χ4n) is 1.32. The number of Topliss-reactive ketones (excluding diaryl/α,β-unsaturated/α-hetero) is 1. The molecule has 0 saturated carbocycles. The Labute approximate surface area is 99.7 Å². The molecule has 1 aromatic rings. The van der Waals surface area contributed by atoms with Gasteiger partial charge in [-0.1, -0.05) is 19.1 Å². The first-order valence-electron chi connectivity index (χ1n) is 5.12. The van der Waals surface area contributed by atoms with Crippen molar-refractivity contribution in [3.05, 3.63) is 29.8 Å². The van der Waals surface area contributed by atoms with Crippen molar-refractivity contribution in [2.24, 2.45) is 5.92 Å². The second kappa shape index (κ2) is 5.45. The molecule has 0 aliphatic rings. The van der Waals surface area contributed by atoms with Gasteiger partial charge in [-0.3, -0.25) is 14.6 Å². The third kappa shape index (κ3) is 5.13. The maximum atomic E-state index is 11.1. The van der Waals surface area contributed by atoms with Crippen molar-refractivity contribution in [2.45, 2.75) is 20.3 Å². The average Bonchev–Trinajstić information content (AvgIpc) is 2.18. The second-order valence-electron chi connectivity index (χ2n) is 3.94. The van der Waals surface area contributed by atoms with Crippen LogP contribution >= 0.6 is 7.82 Å². The summed E-state index contributed by atoms with van der Waals surface area (Å²) in [6.45, 7) is 3.37. The minimum Gasteiger partial charge on any atom is -0.404 e. The monoisotopic (exact) mass is 258 g/mol. The third-order valence-electron chi connectivity index (χ3n) is 2.38. The zero-order chi connectivity index (χ0) is 13.1. The van der Waals surface area contributed by atoms with E-state index in [2.05, 4.69) is 4.52 Å². The van der Waals surface area contributed by atoms with Gasteiger partial charge in [-0.15, -0.1) is 0 Å². The molecule has 0 bridgehead atoms. The number of rotatable bonds is 5. The lowest BCUT2D eigenvalue weighted by Crippen LogP contribution is -2.09. The molecule has 94 valence electrons. The average molecular weight is 258 g/mol. The Hall–Kier alpha value is -1.16. The molecule has 1 atom stereocenters. The standard InChI is InChI=1S/C11H15O5P/c1-8(9(2)12)7-10-3-5-11(6-4-10)16-17(13,14)15/h3-6,8H,7H2,1-2H3,(H2,13,14,15)/t8-/m0/s1. The molecule has 6 heteroatoms. The summed E-state index contributed by atoms with van der Waals surface area (Å²) < 4.78 is 15.0. The van der Waals surface area contributed by atoms with Gasteiger partial charge in [-0.05, 0) is 31.0 Å². The highest BCUT2D eigenvalue weighted by Crippen LogP contribution is 2.37. The van der Waals surface area contributed by atoms with Crippen LogP contribution in [0.4, 0.5) is 0 Å². The fourth-order valence-corrected chi connectivity index (χ4v) is 1.72. The molecule has 0 aromatic heterocycles. The zero-order valence-electron chi connectivity index (χ0n) is 9.66. The number of benzene rings is 1. The summed E-state index contributed by atoms with van der Waals surface area (Å²) in [7, 11) is -4.50. The molecule has 1 aromatic carbocycles. The van der Waals surface area contributed by atoms with E-state index >= 15 is 0 Å². The topological polar surface area (TPSA) is 83.8 Å². The van der Waals surface area contributed by atoms with E-state index in [0.717, 1.165) is 5.56 Å². The molecule has 0 heterocycles. The molecule has 0 amide bonds. The van der Waals surface area contributed by atoms with Crippen LogP contribution in [0, 0.1) is 5.92 Å². The minimum atomic E-state index is -4.50. The molecule has 17 heavy (non-hydrogen) atoms. The summed E-state index contributed by atoms with van der Waals surface area (Å²) in [6, 6.07) is 6.32. The summed E-state index contributed by atoms with van der Waals surface area (Å²) in [5, 5.41) is 0. The number of ketones is 1. The predicted molar refractivity (Wildman–Crippen MR) is 62.7 cm³/mol. The highest BCUT2D eigenvalue weighted by Gasteiger charge is 2.15. The predicted octanol–water partition coefficient (Wildman–Crippen LogP) is 1.93. The van der Waals surface area contributed by atoms with Gasteiger partial charge in [0, 0.05) is 5.92 Å². The van der Waals surface area contributed by atoms with Gasteiger partial charge in [0.2, 0.25) is 0 Å². The molecule has 0 saturated heterocycles. The Balaban J connectivity index is 2.68. The summed E-state index contributed by atoms with van der Waals surface area (Å²) in [5.74, 6) is 0.154. The van der Waals surface area contributed by atoms with Crippen LogP contribution in [0.15, 0.2) is 24.3 Å². The van der Waals surface area contributed by atoms with E-state index in [1.807, 2.05) is 6.92 Å².